The predicted octanol–water partition coefficient (Wildman–Crippen LogP) is 8.11. The third kappa shape index (κ3) is 34.3. The number of hydrogen-bond acceptors (Lipinski definition) is 1. The quantitative estimate of drug-likeness (QED) is 0.320. The molecule has 1 heteroatoms. The van der Waals surface area contributed by atoms with Crippen LogP contribution < -0.4 is 5.73 Å². The average Bonchev–Trinajstić information content (AvgIpc) is 2.59. The Balaban J connectivity index is -0.000000343. The van der Waals surface area contributed by atoms with Crippen LogP contribution >= 0.6 is 0 Å². The lowest BCUT2D eigenvalue weighted by Crippen LogP contribution is -2.02. The molecule has 0 rings (SSSR count). The summed E-state index contributed by atoms with van der Waals surface area (Å²) >= 11 is 0. The molecule has 2 N–H and O–H groups in total. The first-order valence-corrected chi connectivity index (χ1v) is 10.9. The van der Waals surface area contributed by atoms with Crippen LogP contribution in [0.3, 0.4) is 0 Å². The van der Waals surface area contributed by atoms with Gasteiger partial charge in [-0.3, -0.25) is 0 Å². The maximum atomic E-state index is 5.47. The lowest BCUT2D eigenvalue weighted by Gasteiger charge is -2.09. The van der Waals surface area contributed by atoms with Crippen molar-refractivity contribution >= 4 is 0 Å². The van der Waals surface area contributed by atoms with Crippen LogP contribution in [0.5, 0.6) is 0 Å². The number of unbranched alkanes of at least 4 members (excludes halogenated alkanes) is 9. The van der Waals surface area contributed by atoms with Gasteiger partial charge in [0.2, 0.25) is 0 Å². The fraction of sp³-hybridized carbons (Fsp3) is 1.00. The van der Waals surface area contributed by atoms with Crippen molar-refractivity contribution in [1.82, 2.24) is 0 Å². The van der Waals surface area contributed by atoms with Crippen molar-refractivity contribution in [2.45, 2.75) is 131 Å². The topological polar surface area (TPSA) is 26.0 Å². The van der Waals surface area contributed by atoms with E-state index in [2.05, 4.69) is 27.7 Å². The third-order valence-corrected chi connectivity index (χ3v) is 4.16. The molecule has 0 aromatic rings. The molecule has 0 saturated heterocycles. The predicted molar refractivity (Wildman–Crippen MR) is 111 cm³/mol. The van der Waals surface area contributed by atoms with E-state index in [9.17, 15) is 0 Å². The zero-order valence-electron chi connectivity index (χ0n) is 17.8. The zero-order valence-corrected chi connectivity index (χ0v) is 17.8. The minimum Gasteiger partial charge on any atom is -0.330 e. The summed E-state index contributed by atoms with van der Waals surface area (Å²) in [6.45, 7) is 14.0. The summed E-state index contributed by atoms with van der Waals surface area (Å²) in [5.74, 6) is 0.894. The van der Waals surface area contributed by atoms with Gasteiger partial charge in [0.1, 0.15) is 0 Å². The van der Waals surface area contributed by atoms with E-state index < -0.39 is 0 Å². The second-order valence-corrected chi connectivity index (χ2v) is 6.65. The van der Waals surface area contributed by atoms with Gasteiger partial charge in [0.25, 0.3) is 0 Å². The zero-order chi connectivity index (χ0) is 18.2. The molecule has 0 saturated carbocycles. The minimum atomic E-state index is 0.861. The lowest BCUT2D eigenvalue weighted by molar-refractivity contribution is 0.448. The van der Waals surface area contributed by atoms with E-state index in [1.54, 1.807) is 0 Å². The Morgan fingerprint density at radius 2 is 0.913 bits per heavy atom. The molecular formula is C22H51N. The first kappa shape index (κ1) is 27.8. The standard InChI is InChI=1S/C12H27N.C8H18.C2H6/c1-3-4-5-6-7-9-12(2)10-8-11-13;1-3-5-7-8-6-4-2;1-2/h12H,3-11,13H2,1-2H3;3-8H2,1-2H3;1-2H3/t12-;;/m1../s1. The van der Waals surface area contributed by atoms with E-state index in [4.69, 9.17) is 5.73 Å². The third-order valence-electron chi connectivity index (χ3n) is 4.16. The monoisotopic (exact) mass is 329 g/mol. The second-order valence-electron chi connectivity index (χ2n) is 6.65. The summed E-state index contributed by atoms with van der Waals surface area (Å²) in [6.07, 6.45) is 19.5. The number of hydrogen-bond donors (Lipinski definition) is 1. The van der Waals surface area contributed by atoms with Gasteiger partial charge < -0.3 is 5.73 Å². The molecule has 0 radical (unpaired) electrons. The van der Waals surface area contributed by atoms with E-state index >= 15 is 0 Å². The Bertz CT molecular complexity index is 150. The van der Waals surface area contributed by atoms with E-state index in [0.29, 0.717) is 0 Å². The lowest BCUT2D eigenvalue weighted by atomic mass is 9.98. The maximum absolute atomic E-state index is 5.47. The van der Waals surface area contributed by atoms with Crippen LogP contribution in [0.2, 0.25) is 0 Å². The van der Waals surface area contributed by atoms with Gasteiger partial charge in [0.05, 0.1) is 0 Å². The van der Waals surface area contributed by atoms with E-state index in [-0.39, 0.29) is 0 Å². The SMILES string of the molecule is CC.CCCCCCCC.CCCCCCC[C@@H](C)CCCN. The molecular weight excluding hydrogens is 278 g/mol. The second kappa shape index (κ2) is 29.9. The van der Waals surface area contributed by atoms with Crippen molar-refractivity contribution in [3.8, 4) is 0 Å². The Labute approximate surface area is 150 Å². The molecule has 0 spiro atoms. The summed E-state index contributed by atoms with van der Waals surface area (Å²) in [6, 6.07) is 0. The van der Waals surface area contributed by atoms with Gasteiger partial charge >= 0.3 is 0 Å². The van der Waals surface area contributed by atoms with Crippen LogP contribution in [0, 0.1) is 5.92 Å². The number of rotatable bonds is 14. The van der Waals surface area contributed by atoms with Crippen LogP contribution in [-0.4, -0.2) is 6.54 Å². The summed E-state index contributed by atoms with van der Waals surface area (Å²) in [5, 5.41) is 0. The minimum absolute atomic E-state index is 0.861. The molecule has 0 amide bonds. The molecule has 0 unspecified atom stereocenters. The summed E-state index contributed by atoms with van der Waals surface area (Å²) in [5.41, 5.74) is 5.47. The van der Waals surface area contributed by atoms with Crippen LogP contribution in [0.25, 0.3) is 0 Å². The van der Waals surface area contributed by atoms with Gasteiger partial charge in [0, 0.05) is 0 Å². The smallest absolute Gasteiger partial charge is 0.00772 e. The van der Waals surface area contributed by atoms with Gasteiger partial charge in [-0.1, -0.05) is 119 Å². The molecule has 0 bridgehead atoms. The Morgan fingerprint density at radius 3 is 1.26 bits per heavy atom. The first-order chi connectivity index (χ1) is 11.2. The van der Waals surface area contributed by atoms with Crippen molar-refractivity contribution in [3.63, 3.8) is 0 Å². The highest BCUT2D eigenvalue weighted by Gasteiger charge is 2.00. The molecule has 0 aliphatic rings. The van der Waals surface area contributed by atoms with E-state index in [0.717, 1.165) is 12.5 Å². The molecule has 144 valence electrons. The largest absolute Gasteiger partial charge is 0.330 e. The molecule has 0 aromatic heterocycles. The molecule has 1 atom stereocenters. The van der Waals surface area contributed by atoms with Gasteiger partial charge in [0.15, 0.2) is 0 Å². The van der Waals surface area contributed by atoms with Crippen molar-refractivity contribution < 1.29 is 0 Å². The molecule has 1 nitrogen and oxygen atoms in total. The maximum Gasteiger partial charge on any atom is -0.00772 e. The molecule has 0 fully saturated rings. The highest BCUT2D eigenvalue weighted by Crippen LogP contribution is 2.15. The van der Waals surface area contributed by atoms with Gasteiger partial charge in [-0.2, -0.15) is 0 Å². The van der Waals surface area contributed by atoms with Crippen LogP contribution in [0.1, 0.15) is 131 Å². The molecule has 23 heavy (non-hydrogen) atoms. The van der Waals surface area contributed by atoms with Crippen molar-refractivity contribution in [3.05, 3.63) is 0 Å². The van der Waals surface area contributed by atoms with Crippen LogP contribution in [0.4, 0.5) is 0 Å². The number of nitrogens with two attached hydrogens (primary N) is 1. The van der Waals surface area contributed by atoms with E-state index in [1.807, 2.05) is 13.8 Å². The Morgan fingerprint density at radius 1 is 0.565 bits per heavy atom. The van der Waals surface area contributed by atoms with Crippen LogP contribution in [-0.2, 0) is 0 Å². The summed E-state index contributed by atoms with van der Waals surface area (Å²) < 4.78 is 0. The van der Waals surface area contributed by atoms with Crippen molar-refractivity contribution in [1.29, 1.82) is 0 Å². The summed E-state index contributed by atoms with van der Waals surface area (Å²) in [7, 11) is 0. The normalized spacial score (nSPS) is 11.1. The average molecular weight is 330 g/mol. The molecule has 0 aliphatic carbocycles. The van der Waals surface area contributed by atoms with E-state index in [1.165, 1.54) is 89.9 Å². The first-order valence-electron chi connectivity index (χ1n) is 10.9. The highest BCUT2D eigenvalue weighted by molar-refractivity contribution is 4.54. The van der Waals surface area contributed by atoms with Gasteiger partial charge in [-0.15, -0.1) is 0 Å². The fourth-order valence-corrected chi connectivity index (χ4v) is 2.56. The molecule has 0 aliphatic heterocycles. The molecule has 0 heterocycles. The summed E-state index contributed by atoms with van der Waals surface area (Å²) in [4.78, 5) is 0. The Kier molecular flexibility index (Phi) is 36.1. The molecule has 0 aromatic carbocycles. The highest BCUT2D eigenvalue weighted by atomic mass is 14.5. The van der Waals surface area contributed by atoms with Crippen LogP contribution in [0.15, 0.2) is 0 Å². The van der Waals surface area contributed by atoms with Gasteiger partial charge in [-0.05, 0) is 25.3 Å². The Hall–Kier alpha value is -0.0400. The van der Waals surface area contributed by atoms with Crippen molar-refractivity contribution in [2.75, 3.05) is 6.54 Å². The fourth-order valence-electron chi connectivity index (χ4n) is 2.56. The van der Waals surface area contributed by atoms with Crippen molar-refractivity contribution in [2.24, 2.45) is 11.7 Å². The van der Waals surface area contributed by atoms with Gasteiger partial charge in [-0.25, -0.2) is 0 Å².